The Labute approximate surface area is 127 Å². The van der Waals surface area contributed by atoms with Crippen molar-refractivity contribution in [3.63, 3.8) is 0 Å². The first-order valence-electron chi connectivity index (χ1n) is 6.54. The van der Waals surface area contributed by atoms with Crippen molar-refractivity contribution in [2.75, 3.05) is 10.8 Å². The second-order valence-electron chi connectivity index (χ2n) is 4.77. The third-order valence-electron chi connectivity index (χ3n) is 2.94. The molecule has 0 aliphatic carbocycles. The Morgan fingerprint density at radius 2 is 1.59 bits per heavy atom. The predicted molar refractivity (Wildman–Crippen MR) is 79.0 cm³/mol. The Balaban J connectivity index is 2.60. The molecular formula is C15H15F2NO3S. The van der Waals surface area contributed by atoms with E-state index in [1.54, 1.807) is 18.2 Å². The van der Waals surface area contributed by atoms with Crippen LogP contribution in [0.1, 0.15) is 6.92 Å². The molecule has 2 rings (SSSR count). The summed E-state index contributed by atoms with van der Waals surface area (Å²) in [6, 6.07) is 10.7. The number of rotatable bonds is 5. The molecule has 0 aliphatic rings. The Morgan fingerprint density at radius 1 is 1.05 bits per heavy atom. The van der Waals surface area contributed by atoms with Crippen molar-refractivity contribution in [2.45, 2.75) is 17.9 Å². The van der Waals surface area contributed by atoms with Gasteiger partial charge in [-0.05, 0) is 31.2 Å². The average Bonchev–Trinajstić information content (AvgIpc) is 2.45. The van der Waals surface area contributed by atoms with Crippen LogP contribution in [0.25, 0.3) is 0 Å². The van der Waals surface area contributed by atoms with E-state index in [-0.39, 0.29) is 12.2 Å². The highest BCUT2D eigenvalue weighted by Crippen LogP contribution is 2.27. The van der Waals surface area contributed by atoms with E-state index >= 15 is 0 Å². The van der Waals surface area contributed by atoms with Gasteiger partial charge in [-0.15, -0.1) is 0 Å². The van der Waals surface area contributed by atoms with Crippen molar-refractivity contribution in [3.05, 3.63) is 60.2 Å². The van der Waals surface area contributed by atoms with Crippen molar-refractivity contribution < 1.29 is 22.3 Å². The number of halogens is 2. The number of hydrogen-bond donors (Lipinski definition) is 1. The molecule has 2 aromatic carbocycles. The number of para-hydroxylation sites is 1. The zero-order chi connectivity index (χ0) is 16.3. The number of hydrogen-bond acceptors (Lipinski definition) is 3. The van der Waals surface area contributed by atoms with Gasteiger partial charge in [0.15, 0.2) is 4.90 Å². The van der Waals surface area contributed by atoms with Crippen LogP contribution >= 0.6 is 0 Å². The lowest BCUT2D eigenvalue weighted by Crippen LogP contribution is -2.37. The van der Waals surface area contributed by atoms with Gasteiger partial charge in [0, 0.05) is 0 Å². The fourth-order valence-electron chi connectivity index (χ4n) is 2.02. The van der Waals surface area contributed by atoms with E-state index in [0.29, 0.717) is 0 Å². The zero-order valence-corrected chi connectivity index (χ0v) is 12.6. The quantitative estimate of drug-likeness (QED) is 0.918. The monoisotopic (exact) mass is 327 g/mol. The largest absolute Gasteiger partial charge is 0.392 e. The van der Waals surface area contributed by atoms with Crippen LogP contribution in [0, 0.1) is 11.6 Å². The molecule has 22 heavy (non-hydrogen) atoms. The van der Waals surface area contributed by atoms with Crippen molar-refractivity contribution in [2.24, 2.45) is 0 Å². The number of aliphatic hydroxyl groups excluding tert-OH is 1. The fraction of sp³-hybridized carbons (Fsp3) is 0.200. The highest BCUT2D eigenvalue weighted by atomic mass is 32.2. The third kappa shape index (κ3) is 3.26. The van der Waals surface area contributed by atoms with Gasteiger partial charge in [0.25, 0.3) is 10.0 Å². The second-order valence-corrected chi connectivity index (χ2v) is 6.57. The van der Waals surface area contributed by atoms with E-state index in [0.717, 1.165) is 22.5 Å². The maximum absolute atomic E-state index is 13.9. The molecule has 0 aromatic heterocycles. The summed E-state index contributed by atoms with van der Waals surface area (Å²) in [5, 5.41) is 9.54. The molecule has 1 atom stereocenters. The Hall–Kier alpha value is -1.99. The molecule has 7 heteroatoms. The van der Waals surface area contributed by atoms with Gasteiger partial charge in [-0.25, -0.2) is 17.2 Å². The van der Waals surface area contributed by atoms with Gasteiger partial charge >= 0.3 is 0 Å². The molecule has 118 valence electrons. The van der Waals surface area contributed by atoms with Crippen molar-refractivity contribution in [1.29, 1.82) is 0 Å². The highest BCUT2D eigenvalue weighted by molar-refractivity contribution is 7.92. The number of anilines is 1. The van der Waals surface area contributed by atoms with Crippen LogP contribution in [-0.2, 0) is 10.0 Å². The molecule has 0 amide bonds. The molecule has 0 fully saturated rings. The average molecular weight is 327 g/mol. The van der Waals surface area contributed by atoms with E-state index in [2.05, 4.69) is 0 Å². The third-order valence-corrected chi connectivity index (χ3v) is 4.79. The van der Waals surface area contributed by atoms with Gasteiger partial charge in [-0.1, -0.05) is 24.3 Å². The van der Waals surface area contributed by atoms with E-state index in [9.17, 15) is 22.3 Å². The van der Waals surface area contributed by atoms with Crippen LogP contribution in [0.4, 0.5) is 14.5 Å². The minimum atomic E-state index is -4.49. The summed E-state index contributed by atoms with van der Waals surface area (Å²) in [5.74, 6) is -2.35. The molecule has 0 spiro atoms. The second kappa shape index (κ2) is 6.41. The van der Waals surface area contributed by atoms with Crippen molar-refractivity contribution >= 4 is 15.7 Å². The Kier molecular flexibility index (Phi) is 4.77. The van der Waals surface area contributed by atoms with Gasteiger partial charge in [0.05, 0.1) is 18.3 Å². The summed E-state index contributed by atoms with van der Waals surface area (Å²) in [5.41, 5.74) is 0.214. The lowest BCUT2D eigenvalue weighted by molar-refractivity contribution is 0.204. The summed E-state index contributed by atoms with van der Waals surface area (Å²) in [6.45, 7) is 1.07. The summed E-state index contributed by atoms with van der Waals surface area (Å²) in [7, 11) is -4.49. The van der Waals surface area contributed by atoms with Gasteiger partial charge in [-0.3, -0.25) is 4.31 Å². The van der Waals surface area contributed by atoms with E-state index in [1.807, 2.05) is 0 Å². The van der Waals surface area contributed by atoms with E-state index in [4.69, 9.17) is 0 Å². The molecule has 2 aromatic rings. The van der Waals surface area contributed by atoms with E-state index in [1.165, 1.54) is 19.1 Å². The van der Waals surface area contributed by atoms with Crippen LogP contribution in [0.2, 0.25) is 0 Å². The molecule has 0 bridgehead atoms. The van der Waals surface area contributed by atoms with Crippen LogP contribution in [-0.4, -0.2) is 26.2 Å². The highest BCUT2D eigenvalue weighted by Gasteiger charge is 2.31. The van der Waals surface area contributed by atoms with Gasteiger partial charge < -0.3 is 5.11 Å². The Bertz CT molecular complexity index is 728. The first-order valence-corrected chi connectivity index (χ1v) is 7.98. The molecule has 0 aliphatic heterocycles. The molecule has 0 unspecified atom stereocenters. The van der Waals surface area contributed by atoms with Gasteiger partial charge in [0.2, 0.25) is 0 Å². The van der Waals surface area contributed by atoms with Crippen LogP contribution < -0.4 is 4.31 Å². The molecule has 0 saturated heterocycles. The lowest BCUT2D eigenvalue weighted by Gasteiger charge is -2.26. The number of sulfonamides is 1. The van der Waals surface area contributed by atoms with Crippen LogP contribution in [0.15, 0.2) is 53.4 Å². The molecular weight excluding hydrogens is 312 g/mol. The molecule has 0 radical (unpaired) electrons. The zero-order valence-electron chi connectivity index (χ0n) is 11.8. The molecule has 0 heterocycles. The van der Waals surface area contributed by atoms with E-state index < -0.39 is 32.7 Å². The summed E-state index contributed by atoms with van der Waals surface area (Å²) < 4.78 is 53.8. The molecule has 0 saturated carbocycles. The normalized spacial score (nSPS) is 12.9. The topological polar surface area (TPSA) is 57.6 Å². The maximum Gasteiger partial charge on any atom is 0.270 e. The van der Waals surface area contributed by atoms with Crippen LogP contribution in [0.3, 0.4) is 0 Å². The van der Waals surface area contributed by atoms with Crippen LogP contribution in [0.5, 0.6) is 0 Å². The van der Waals surface area contributed by atoms with Crippen molar-refractivity contribution in [1.82, 2.24) is 0 Å². The SMILES string of the molecule is C[C@H](O)CN(c1ccccc1)S(=O)(=O)c1c(F)cccc1F. The smallest absolute Gasteiger partial charge is 0.270 e. The summed E-state index contributed by atoms with van der Waals surface area (Å²) in [4.78, 5) is -1.03. The lowest BCUT2D eigenvalue weighted by atomic mass is 10.3. The predicted octanol–water partition coefficient (Wildman–Crippen LogP) is 2.54. The minimum Gasteiger partial charge on any atom is -0.392 e. The first kappa shape index (κ1) is 16.4. The van der Waals surface area contributed by atoms with Gasteiger partial charge in [0.1, 0.15) is 11.6 Å². The summed E-state index contributed by atoms with van der Waals surface area (Å²) in [6.07, 6.45) is -1.01. The maximum atomic E-state index is 13.9. The molecule has 1 N–H and O–H groups in total. The number of nitrogens with zero attached hydrogens (tertiary/aromatic N) is 1. The first-order chi connectivity index (χ1) is 10.3. The number of aliphatic hydroxyl groups is 1. The standard InChI is InChI=1S/C15H15F2NO3S/c1-11(19)10-18(12-6-3-2-4-7-12)22(20,21)15-13(16)8-5-9-14(15)17/h2-9,11,19H,10H2,1H3/t11-/m0/s1. The number of benzene rings is 2. The summed E-state index contributed by atoms with van der Waals surface area (Å²) >= 11 is 0. The molecule has 4 nitrogen and oxygen atoms in total. The minimum absolute atomic E-state index is 0.214. The Morgan fingerprint density at radius 3 is 2.09 bits per heavy atom. The van der Waals surface area contributed by atoms with Gasteiger partial charge in [-0.2, -0.15) is 0 Å². The van der Waals surface area contributed by atoms with Crippen molar-refractivity contribution in [3.8, 4) is 0 Å². The fourth-order valence-corrected chi connectivity index (χ4v) is 3.68.